The van der Waals surface area contributed by atoms with E-state index in [2.05, 4.69) is 0 Å². The highest BCUT2D eigenvalue weighted by molar-refractivity contribution is 6.32. The van der Waals surface area contributed by atoms with E-state index in [1.165, 1.54) is 0 Å². The molecule has 3 aromatic rings. The molecule has 0 heterocycles. The Kier molecular flexibility index (Phi) is 4.72. The van der Waals surface area contributed by atoms with Gasteiger partial charge in [0.25, 0.3) is 6.29 Å². The Bertz CT molecular complexity index is 693. The first-order valence-electron chi connectivity index (χ1n) is 7.30. The van der Waals surface area contributed by atoms with Crippen molar-refractivity contribution in [1.82, 2.24) is 0 Å². The van der Waals surface area contributed by atoms with Gasteiger partial charge in [0.2, 0.25) is 0 Å². The van der Waals surface area contributed by atoms with Gasteiger partial charge in [0, 0.05) is 5.56 Å². The number of ether oxygens (including phenoxy) is 2. The summed E-state index contributed by atoms with van der Waals surface area (Å²) in [5, 5.41) is 0. The molecule has 0 saturated heterocycles. The molecule has 0 bridgehead atoms. The molecule has 23 heavy (non-hydrogen) atoms. The van der Waals surface area contributed by atoms with Crippen LogP contribution < -0.4 is 20.4 Å². The lowest BCUT2D eigenvalue weighted by Crippen LogP contribution is -2.15. The molecule has 0 spiro atoms. The Hall–Kier alpha value is -2.61. The second-order valence-corrected chi connectivity index (χ2v) is 5.12. The van der Waals surface area contributed by atoms with Gasteiger partial charge in [-0.05, 0) is 24.3 Å². The molecule has 0 aromatic heterocycles. The molecule has 108 valence electrons. The van der Waals surface area contributed by atoms with Crippen LogP contribution in [0.1, 0.15) is 11.9 Å². The van der Waals surface area contributed by atoms with Crippen LogP contribution in [0.5, 0.6) is 11.5 Å². The fraction of sp³-hybridized carbons (Fsp3) is 0.0526. The monoisotopic (exact) mass is 296 g/mol. The Balaban J connectivity index is 1.84. The number of hydrogen-bond acceptors (Lipinski definition) is 2. The van der Waals surface area contributed by atoms with Crippen LogP contribution in [-0.4, -0.2) is 15.7 Å². The normalized spacial score (nSPS) is 10.5. The average molecular weight is 296 g/mol. The van der Waals surface area contributed by atoms with E-state index in [-0.39, 0.29) is 0 Å². The van der Waals surface area contributed by atoms with Gasteiger partial charge in [-0.25, -0.2) is 0 Å². The van der Waals surface area contributed by atoms with Crippen LogP contribution in [0.4, 0.5) is 0 Å². The molecule has 2 nitrogen and oxygen atoms in total. The first-order valence-corrected chi connectivity index (χ1v) is 7.30. The minimum absolute atomic E-state index is 0.566. The maximum Gasteiger partial charge on any atom is 0.267 e. The van der Waals surface area contributed by atoms with E-state index in [0.717, 1.165) is 5.56 Å². The van der Waals surface area contributed by atoms with Crippen molar-refractivity contribution in [2.24, 2.45) is 0 Å². The molecule has 3 rings (SSSR count). The average Bonchev–Trinajstić information content (AvgIpc) is 2.59. The topological polar surface area (TPSA) is 18.5 Å². The predicted molar refractivity (Wildman–Crippen MR) is 94.1 cm³/mol. The summed E-state index contributed by atoms with van der Waals surface area (Å²) in [6.45, 7) is 0. The highest BCUT2D eigenvalue weighted by Gasteiger charge is 2.15. The van der Waals surface area contributed by atoms with Crippen molar-refractivity contribution in [1.29, 1.82) is 0 Å². The minimum atomic E-state index is -0.566. The third-order valence-corrected chi connectivity index (χ3v) is 3.32. The zero-order valence-corrected chi connectivity index (χ0v) is 12.6. The van der Waals surface area contributed by atoms with Crippen molar-refractivity contribution in [2.45, 2.75) is 6.29 Å². The molecule has 0 aliphatic carbocycles. The van der Waals surface area contributed by atoms with Crippen molar-refractivity contribution in [3.05, 3.63) is 84.4 Å². The Morgan fingerprint density at radius 1 is 0.565 bits per heavy atom. The molecule has 0 saturated carbocycles. The minimum Gasteiger partial charge on any atom is -0.451 e. The standard InChI is InChI=1S/C19H14B2O2/c20-15-6-10-17(11-7-15)22-19(14-4-2-1-3-5-14)23-18-12-8-16(21)9-13-18/h1-13,19H. The summed E-state index contributed by atoms with van der Waals surface area (Å²) in [5.41, 5.74) is 2.29. The molecular weight excluding hydrogens is 282 g/mol. The van der Waals surface area contributed by atoms with Crippen molar-refractivity contribution in [3.8, 4) is 11.5 Å². The molecule has 0 aliphatic rings. The zero-order valence-electron chi connectivity index (χ0n) is 12.6. The largest absolute Gasteiger partial charge is 0.451 e. The Morgan fingerprint density at radius 3 is 1.43 bits per heavy atom. The molecule has 0 N–H and O–H groups in total. The molecule has 3 aromatic carbocycles. The number of hydrogen-bond donors (Lipinski definition) is 0. The van der Waals surface area contributed by atoms with Gasteiger partial charge in [-0.3, -0.25) is 0 Å². The van der Waals surface area contributed by atoms with Gasteiger partial charge in [0.15, 0.2) is 0 Å². The van der Waals surface area contributed by atoms with Gasteiger partial charge < -0.3 is 9.47 Å². The summed E-state index contributed by atoms with van der Waals surface area (Å²) in [6, 6.07) is 24.2. The smallest absolute Gasteiger partial charge is 0.267 e. The third kappa shape index (κ3) is 4.19. The Labute approximate surface area is 138 Å². The molecule has 0 aliphatic heterocycles. The van der Waals surface area contributed by atoms with Gasteiger partial charge in [0.1, 0.15) is 27.2 Å². The van der Waals surface area contributed by atoms with E-state index in [1.54, 1.807) is 24.3 Å². The van der Waals surface area contributed by atoms with Crippen molar-refractivity contribution < 1.29 is 9.47 Å². The van der Waals surface area contributed by atoms with Crippen molar-refractivity contribution >= 4 is 26.6 Å². The highest BCUT2D eigenvalue weighted by atomic mass is 16.7. The van der Waals surface area contributed by atoms with E-state index in [1.807, 2.05) is 54.6 Å². The quantitative estimate of drug-likeness (QED) is 0.532. The molecular formula is C19H14B2O2. The lowest BCUT2D eigenvalue weighted by atomic mass is 9.97. The molecule has 0 fully saturated rings. The summed E-state index contributed by atoms with van der Waals surface area (Å²) in [6.07, 6.45) is -0.566. The van der Waals surface area contributed by atoms with Crippen LogP contribution in [0.25, 0.3) is 0 Å². The number of rotatable bonds is 5. The van der Waals surface area contributed by atoms with E-state index < -0.39 is 6.29 Å². The second kappa shape index (κ2) is 7.10. The fourth-order valence-electron chi connectivity index (χ4n) is 2.11. The summed E-state index contributed by atoms with van der Waals surface area (Å²) in [5.74, 6) is 1.37. The Morgan fingerprint density at radius 2 is 1.00 bits per heavy atom. The van der Waals surface area contributed by atoms with Gasteiger partial charge >= 0.3 is 0 Å². The van der Waals surface area contributed by atoms with Crippen LogP contribution in [0.2, 0.25) is 0 Å². The van der Waals surface area contributed by atoms with E-state index >= 15 is 0 Å². The van der Waals surface area contributed by atoms with Crippen LogP contribution in [0.3, 0.4) is 0 Å². The van der Waals surface area contributed by atoms with E-state index in [4.69, 9.17) is 25.2 Å². The van der Waals surface area contributed by atoms with Crippen molar-refractivity contribution in [2.75, 3.05) is 0 Å². The predicted octanol–water partition coefficient (Wildman–Crippen LogP) is 2.43. The van der Waals surface area contributed by atoms with Crippen molar-refractivity contribution in [3.63, 3.8) is 0 Å². The molecule has 4 heteroatoms. The SMILES string of the molecule is [B]c1ccc(OC(Oc2ccc([B])cc2)c2ccccc2)cc1. The molecule has 0 amide bonds. The second-order valence-electron chi connectivity index (χ2n) is 5.12. The molecule has 0 atom stereocenters. The fourth-order valence-corrected chi connectivity index (χ4v) is 2.11. The zero-order chi connectivity index (χ0) is 16.1. The maximum absolute atomic E-state index is 5.98. The third-order valence-electron chi connectivity index (χ3n) is 3.32. The number of benzene rings is 3. The van der Waals surface area contributed by atoms with Gasteiger partial charge in [0.05, 0.1) is 0 Å². The summed E-state index contributed by atoms with van der Waals surface area (Å²) >= 11 is 0. The summed E-state index contributed by atoms with van der Waals surface area (Å²) < 4.78 is 12.0. The van der Waals surface area contributed by atoms with Gasteiger partial charge in [-0.1, -0.05) is 65.5 Å². The molecule has 0 unspecified atom stereocenters. The lowest BCUT2D eigenvalue weighted by Gasteiger charge is -2.21. The van der Waals surface area contributed by atoms with Crippen LogP contribution >= 0.6 is 0 Å². The summed E-state index contributed by atoms with van der Waals surface area (Å²) in [4.78, 5) is 0. The highest BCUT2D eigenvalue weighted by Crippen LogP contribution is 2.25. The van der Waals surface area contributed by atoms with E-state index in [9.17, 15) is 0 Å². The van der Waals surface area contributed by atoms with Gasteiger partial charge in [-0.2, -0.15) is 0 Å². The van der Waals surface area contributed by atoms with Gasteiger partial charge in [-0.15, -0.1) is 0 Å². The molecule has 4 radical (unpaired) electrons. The van der Waals surface area contributed by atoms with Crippen LogP contribution in [-0.2, 0) is 0 Å². The summed E-state index contributed by atoms with van der Waals surface area (Å²) in [7, 11) is 11.4. The lowest BCUT2D eigenvalue weighted by molar-refractivity contribution is 0.00385. The van der Waals surface area contributed by atoms with Crippen LogP contribution in [0, 0.1) is 0 Å². The van der Waals surface area contributed by atoms with Crippen LogP contribution in [0.15, 0.2) is 78.9 Å². The van der Waals surface area contributed by atoms with E-state index in [0.29, 0.717) is 22.4 Å². The first-order chi connectivity index (χ1) is 11.2. The maximum atomic E-state index is 5.98. The first kappa shape index (κ1) is 15.3.